The summed E-state index contributed by atoms with van der Waals surface area (Å²) in [7, 11) is 0. The summed E-state index contributed by atoms with van der Waals surface area (Å²) in [6, 6.07) is 0.0277. The molecule has 0 saturated carbocycles. The van der Waals surface area contributed by atoms with Gasteiger partial charge in [-0.3, -0.25) is 0 Å². The molecule has 1 aromatic heterocycles. The molecule has 0 unspecified atom stereocenters. The van der Waals surface area contributed by atoms with Gasteiger partial charge in [0, 0.05) is 19.1 Å². The Morgan fingerprint density at radius 3 is 2.70 bits per heavy atom. The molecule has 1 aliphatic heterocycles. The highest BCUT2D eigenvalue weighted by atomic mass is 35.5. The molecule has 1 saturated heterocycles. The van der Waals surface area contributed by atoms with Gasteiger partial charge in [0.1, 0.15) is 5.60 Å². The molecular formula is C16H25ClN4O2. The molecule has 0 aliphatic carbocycles. The first kappa shape index (κ1) is 17.8. The molecule has 2 rings (SSSR count). The number of aromatic nitrogens is 2. The summed E-state index contributed by atoms with van der Waals surface area (Å²) in [5.74, 6) is 1.01. The molecule has 1 aliphatic rings. The Labute approximate surface area is 142 Å². The van der Waals surface area contributed by atoms with Gasteiger partial charge in [-0.1, -0.05) is 11.6 Å². The lowest BCUT2D eigenvalue weighted by Crippen LogP contribution is -2.47. The van der Waals surface area contributed by atoms with Crippen molar-refractivity contribution in [3.05, 3.63) is 17.4 Å². The number of carbonyl (C=O) groups is 1. The fourth-order valence-electron chi connectivity index (χ4n) is 2.68. The van der Waals surface area contributed by atoms with Crippen LogP contribution in [0, 0.1) is 5.92 Å². The summed E-state index contributed by atoms with van der Waals surface area (Å²) in [6.45, 7) is 9.31. The van der Waals surface area contributed by atoms with E-state index in [1.165, 1.54) is 0 Å². The number of nitrogens with zero attached hydrogens (tertiary/aromatic N) is 3. The van der Waals surface area contributed by atoms with E-state index >= 15 is 0 Å². The molecular weight excluding hydrogens is 316 g/mol. The van der Waals surface area contributed by atoms with Gasteiger partial charge in [0.05, 0.1) is 17.4 Å². The Morgan fingerprint density at radius 2 is 2.09 bits per heavy atom. The zero-order valence-electron chi connectivity index (χ0n) is 14.2. The van der Waals surface area contributed by atoms with Crippen molar-refractivity contribution in [1.82, 2.24) is 15.3 Å². The molecule has 23 heavy (non-hydrogen) atoms. The standard InChI is InChI=1S/C16H25ClN4O2/c1-11(20-15(22)23-16(2,3)4)12-6-5-7-21(10-12)14-18-8-13(17)9-19-14/h8-9,11-12H,5-7,10H2,1-4H3,(H,20,22)/t11-,12-/m1/s1. The average molecular weight is 341 g/mol. The second kappa shape index (κ2) is 7.34. The smallest absolute Gasteiger partial charge is 0.407 e. The lowest BCUT2D eigenvalue weighted by atomic mass is 9.92. The number of rotatable bonds is 3. The number of hydrogen-bond donors (Lipinski definition) is 1. The third-order valence-electron chi connectivity index (χ3n) is 3.80. The summed E-state index contributed by atoms with van der Waals surface area (Å²) in [4.78, 5) is 22.6. The first-order chi connectivity index (χ1) is 10.7. The number of ether oxygens (including phenoxy) is 1. The minimum absolute atomic E-state index is 0.0277. The van der Waals surface area contributed by atoms with Crippen LogP contribution >= 0.6 is 11.6 Å². The Hall–Kier alpha value is -1.56. The van der Waals surface area contributed by atoms with E-state index in [4.69, 9.17) is 16.3 Å². The van der Waals surface area contributed by atoms with Crippen molar-refractivity contribution in [2.24, 2.45) is 5.92 Å². The van der Waals surface area contributed by atoms with Gasteiger partial charge in [-0.05, 0) is 46.5 Å². The van der Waals surface area contributed by atoms with Gasteiger partial charge in [-0.15, -0.1) is 0 Å². The van der Waals surface area contributed by atoms with Crippen LogP contribution in [0.15, 0.2) is 12.4 Å². The quantitative estimate of drug-likeness (QED) is 0.914. The van der Waals surface area contributed by atoms with Crippen LogP contribution in [0.25, 0.3) is 0 Å². The van der Waals surface area contributed by atoms with Crippen LogP contribution in [-0.2, 0) is 4.74 Å². The van der Waals surface area contributed by atoms with Gasteiger partial charge >= 0.3 is 6.09 Å². The number of nitrogens with one attached hydrogen (secondary N) is 1. The topological polar surface area (TPSA) is 67.3 Å². The van der Waals surface area contributed by atoms with Crippen LogP contribution in [-0.4, -0.2) is 40.8 Å². The highest BCUT2D eigenvalue weighted by Gasteiger charge is 2.28. The molecule has 6 nitrogen and oxygen atoms in total. The van der Waals surface area contributed by atoms with Gasteiger partial charge in [0.15, 0.2) is 0 Å². The number of piperidine rings is 1. The molecule has 1 aromatic rings. The largest absolute Gasteiger partial charge is 0.444 e. The van der Waals surface area contributed by atoms with Crippen molar-refractivity contribution in [2.45, 2.75) is 52.2 Å². The molecule has 1 fully saturated rings. The summed E-state index contributed by atoms with van der Waals surface area (Å²) in [5, 5.41) is 3.47. The molecule has 1 N–H and O–H groups in total. The summed E-state index contributed by atoms with van der Waals surface area (Å²) >= 11 is 5.83. The molecule has 7 heteroatoms. The number of anilines is 1. The Morgan fingerprint density at radius 1 is 1.43 bits per heavy atom. The van der Waals surface area contributed by atoms with E-state index in [0.29, 0.717) is 16.9 Å². The van der Waals surface area contributed by atoms with Crippen LogP contribution in [0.5, 0.6) is 0 Å². The fourth-order valence-corrected chi connectivity index (χ4v) is 2.78. The van der Waals surface area contributed by atoms with E-state index in [1.54, 1.807) is 12.4 Å². The predicted octanol–water partition coefficient (Wildman–Crippen LogP) is 3.26. The van der Waals surface area contributed by atoms with Crippen molar-refractivity contribution < 1.29 is 9.53 Å². The van der Waals surface area contributed by atoms with Crippen molar-refractivity contribution in [3.63, 3.8) is 0 Å². The second-order valence-corrected chi connectivity index (χ2v) is 7.42. The minimum Gasteiger partial charge on any atom is -0.444 e. The molecule has 0 bridgehead atoms. The zero-order valence-corrected chi connectivity index (χ0v) is 14.9. The van der Waals surface area contributed by atoms with E-state index in [0.717, 1.165) is 25.9 Å². The number of alkyl carbamates (subject to hydrolysis) is 1. The van der Waals surface area contributed by atoms with Gasteiger partial charge in [0.2, 0.25) is 5.95 Å². The normalized spacial score (nSPS) is 20.0. The summed E-state index contributed by atoms with van der Waals surface area (Å²) in [6.07, 6.45) is 4.94. The molecule has 0 radical (unpaired) electrons. The number of amides is 1. The van der Waals surface area contributed by atoms with E-state index < -0.39 is 5.60 Å². The maximum absolute atomic E-state index is 11.9. The summed E-state index contributed by atoms with van der Waals surface area (Å²) in [5.41, 5.74) is -0.487. The first-order valence-corrected chi connectivity index (χ1v) is 8.34. The Balaban J connectivity index is 1.92. The minimum atomic E-state index is -0.487. The monoisotopic (exact) mass is 340 g/mol. The third kappa shape index (κ3) is 5.53. The van der Waals surface area contributed by atoms with E-state index in [1.807, 2.05) is 27.7 Å². The van der Waals surface area contributed by atoms with E-state index in [2.05, 4.69) is 20.2 Å². The molecule has 128 valence electrons. The van der Waals surface area contributed by atoms with Crippen LogP contribution in [0.2, 0.25) is 5.02 Å². The van der Waals surface area contributed by atoms with E-state index in [-0.39, 0.29) is 12.1 Å². The molecule has 0 aromatic carbocycles. The summed E-state index contributed by atoms with van der Waals surface area (Å²) < 4.78 is 5.32. The van der Waals surface area contributed by atoms with Crippen LogP contribution < -0.4 is 10.2 Å². The average Bonchev–Trinajstić information content (AvgIpc) is 2.46. The highest BCUT2D eigenvalue weighted by Crippen LogP contribution is 2.23. The first-order valence-electron chi connectivity index (χ1n) is 7.96. The van der Waals surface area contributed by atoms with E-state index in [9.17, 15) is 4.79 Å². The second-order valence-electron chi connectivity index (χ2n) is 6.98. The molecule has 2 heterocycles. The lowest BCUT2D eigenvalue weighted by molar-refractivity contribution is 0.0489. The van der Waals surface area contributed by atoms with Gasteiger partial charge in [0.25, 0.3) is 0 Å². The SMILES string of the molecule is C[C@@H](NC(=O)OC(C)(C)C)[C@@H]1CCCN(c2ncc(Cl)cn2)C1. The van der Waals surface area contributed by atoms with Gasteiger partial charge in [-0.25, -0.2) is 14.8 Å². The maximum atomic E-state index is 11.9. The molecule has 2 atom stereocenters. The van der Waals surface area contributed by atoms with Crippen molar-refractivity contribution in [3.8, 4) is 0 Å². The van der Waals surface area contributed by atoms with Crippen LogP contribution in [0.3, 0.4) is 0 Å². The molecule has 1 amide bonds. The molecule has 0 spiro atoms. The maximum Gasteiger partial charge on any atom is 0.407 e. The van der Waals surface area contributed by atoms with Gasteiger partial charge < -0.3 is 15.0 Å². The van der Waals surface area contributed by atoms with Crippen LogP contribution in [0.4, 0.5) is 10.7 Å². The number of hydrogen-bond acceptors (Lipinski definition) is 5. The zero-order chi connectivity index (χ0) is 17.0. The lowest BCUT2D eigenvalue weighted by Gasteiger charge is -2.36. The van der Waals surface area contributed by atoms with Crippen molar-refractivity contribution in [2.75, 3.05) is 18.0 Å². The highest BCUT2D eigenvalue weighted by molar-refractivity contribution is 6.30. The fraction of sp³-hybridized carbons (Fsp3) is 0.688. The number of halogens is 1. The van der Waals surface area contributed by atoms with Gasteiger partial charge in [-0.2, -0.15) is 0 Å². The van der Waals surface area contributed by atoms with Crippen LogP contribution in [0.1, 0.15) is 40.5 Å². The Kier molecular flexibility index (Phi) is 5.68. The van der Waals surface area contributed by atoms with Crippen molar-refractivity contribution in [1.29, 1.82) is 0 Å². The predicted molar refractivity (Wildman–Crippen MR) is 90.8 cm³/mol. The Bertz CT molecular complexity index is 530. The third-order valence-corrected chi connectivity index (χ3v) is 3.99. The number of carbonyl (C=O) groups excluding carboxylic acids is 1. The van der Waals surface area contributed by atoms with Crippen molar-refractivity contribution >= 4 is 23.6 Å².